The van der Waals surface area contributed by atoms with Crippen molar-refractivity contribution in [2.75, 3.05) is 10.6 Å². The molecule has 98 valence electrons. The van der Waals surface area contributed by atoms with E-state index in [4.69, 9.17) is 5.73 Å². The van der Waals surface area contributed by atoms with Crippen LogP contribution in [0.4, 0.5) is 11.4 Å². The fraction of sp³-hybridized carbons (Fsp3) is 0.500. The molecule has 1 aliphatic rings. The number of aryl methyl sites for hydroxylation is 1. The second kappa shape index (κ2) is 5.40. The SMILES string of the molecule is CC(=O)Nc1ccc(NC2CCC(N)C2)cc1C. The fourth-order valence-corrected chi connectivity index (χ4v) is 2.47. The van der Waals surface area contributed by atoms with E-state index in [1.165, 1.54) is 6.92 Å². The minimum atomic E-state index is -0.0411. The number of anilines is 2. The largest absolute Gasteiger partial charge is 0.382 e. The Morgan fingerprint density at radius 2 is 2.17 bits per heavy atom. The predicted octanol–water partition coefficient (Wildman–Crippen LogP) is 2.25. The topological polar surface area (TPSA) is 67.2 Å². The number of carbonyl (C=O) groups is 1. The maximum Gasteiger partial charge on any atom is 0.221 e. The highest BCUT2D eigenvalue weighted by molar-refractivity contribution is 5.89. The van der Waals surface area contributed by atoms with E-state index < -0.39 is 0 Å². The number of amides is 1. The molecule has 1 saturated carbocycles. The van der Waals surface area contributed by atoms with Gasteiger partial charge in [0.1, 0.15) is 0 Å². The van der Waals surface area contributed by atoms with Crippen molar-refractivity contribution in [2.45, 2.75) is 45.2 Å². The van der Waals surface area contributed by atoms with Crippen LogP contribution in [-0.2, 0) is 4.79 Å². The Balaban J connectivity index is 2.02. The van der Waals surface area contributed by atoms with Crippen molar-refractivity contribution in [3.63, 3.8) is 0 Å². The van der Waals surface area contributed by atoms with Gasteiger partial charge in [0, 0.05) is 30.4 Å². The minimum Gasteiger partial charge on any atom is -0.382 e. The molecule has 1 aromatic rings. The van der Waals surface area contributed by atoms with Gasteiger partial charge in [0.25, 0.3) is 0 Å². The first-order valence-electron chi connectivity index (χ1n) is 6.45. The molecule has 0 spiro atoms. The normalized spacial score (nSPS) is 22.8. The summed E-state index contributed by atoms with van der Waals surface area (Å²) in [5.41, 5.74) is 8.94. The lowest BCUT2D eigenvalue weighted by molar-refractivity contribution is -0.114. The van der Waals surface area contributed by atoms with Gasteiger partial charge >= 0.3 is 0 Å². The highest BCUT2D eigenvalue weighted by Gasteiger charge is 2.21. The van der Waals surface area contributed by atoms with Gasteiger partial charge in [-0.05, 0) is 49.9 Å². The summed E-state index contributed by atoms with van der Waals surface area (Å²) < 4.78 is 0. The highest BCUT2D eigenvalue weighted by Crippen LogP contribution is 2.24. The number of benzene rings is 1. The fourth-order valence-electron chi connectivity index (χ4n) is 2.47. The van der Waals surface area contributed by atoms with Crippen LogP contribution in [0.2, 0.25) is 0 Å². The molecule has 2 unspecified atom stereocenters. The van der Waals surface area contributed by atoms with Crippen LogP contribution in [0.5, 0.6) is 0 Å². The van der Waals surface area contributed by atoms with Crippen molar-refractivity contribution in [3.8, 4) is 0 Å². The van der Waals surface area contributed by atoms with E-state index in [1.807, 2.05) is 19.1 Å². The molecule has 4 heteroatoms. The van der Waals surface area contributed by atoms with Gasteiger partial charge in [0.05, 0.1) is 0 Å². The molecule has 1 fully saturated rings. The molecule has 0 aromatic heterocycles. The van der Waals surface area contributed by atoms with E-state index in [9.17, 15) is 4.79 Å². The molecule has 1 amide bonds. The van der Waals surface area contributed by atoms with Crippen LogP contribution in [0.15, 0.2) is 18.2 Å². The molecule has 1 aromatic carbocycles. The van der Waals surface area contributed by atoms with Crippen LogP contribution in [0.1, 0.15) is 31.7 Å². The summed E-state index contributed by atoms with van der Waals surface area (Å²) in [5, 5.41) is 6.31. The molecule has 0 heterocycles. The van der Waals surface area contributed by atoms with Crippen molar-refractivity contribution in [1.29, 1.82) is 0 Å². The van der Waals surface area contributed by atoms with Gasteiger partial charge in [-0.25, -0.2) is 0 Å². The average molecular weight is 247 g/mol. The Kier molecular flexibility index (Phi) is 3.87. The molecule has 0 radical (unpaired) electrons. The van der Waals surface area contributed by atoms with Crippen LogP contribution < -0.4 is 16.4 Å². The van der Waals surface area contributed by atoms with Gasteiger partial charge in [-0.3, -0.25) is 4.79 Å². The van der Waals surface area contributed by atoms with E-state index in [1.54, 1.807) is 0 Å². The molecule has 2 rings (SSSR count). The smallest absolute Gasteiger partial charge is 0.221 e. The molecule has 4 nitrogen and oxygen atoms in total. The molecule has 1 aliphatic carbocycles. The van der Waals surface area contributed by atoms with Crippen LogP contribution >= 0.6 is 0 Å². The number of nitrogens with two attached hydrogens (primary N) is 1. The highest BCUT2D eigenvalue weighted by atomic mass is 16.1. The van der Waals surface area contributed by atoms with E-state index in [0.29, 0.717) is 12.1 Å². The third-order valence-electron chi connectivity index (χ3n) is 3.38. The van der Waals surface area contributed by atoms with E-state index in [-0.39, 0.29) is 5.91 Å². The zero-order chi connectivity index (χ0) is 13.1. The maximum atomic E-state index is 11.0. The molecular weight excluding hydrogens is 226 g/mol. The Labute approximate surface area is 108 Å². The Bertz CT molecular complexity index is 445. The first kappa shape index (κ1) is 12.9. The molecule has 2 atom stereocenters. The molecule has 4 N–H and O–H groups in total. The third-order valence-corrected chi connectivity index (χ3v) is 3.38. The summed E-state index contributed by atoms with van der Waals surface area (Å²) in [6, 6.07) is 6.82. The van der Waals surface area contributed by atoms with Crippen molar-refractivity contribution in [3.05, 3.63) is 23.8 Å². The molecule has 0 aliphatic heterocycles. The summed E-state index contributed by atoms with van der Waals surface area (Å²) >= 11 is 0. The Morgan fingerprint density at radius 1 is 1.39 bits per heavy atom. The lowest BCUT2D eigenvalue weighted by Crippen LogP contribution is -2.20. The van der Waals surface area contributed by atoms with Crippen molar-refractivity contribution in [1.82, 2.24) is 0 Å². The molecule has 0 bridgehead atoms. The number of carbonyl (C=O) groups excluding carboxylic acids is 1. The number of hydrogen-bond acceptors (Lipinski definition) is 3. The first-order valence-corrected chi connectivity index (χ1v) is 6.45. The second-order valence-electron chi connectivity index (χ2n) is 5.13. The lowest BCUT2D eigenvalue weighted by Gasteiger charge is -2.15. The monoisotopic (exact) mass is 247 g/mol. The van der Waals surface area contributed by atoms with Crippen LogP contribution in [0.3, 0.4) is 0 Å². The van der Waals surface area contributed by atoms with Crippen LogP contribution in [-0.4, -0.2) is 18.0 Å². The average Bonchev–Trinajstić information content (AvgIpc) is 2.68. The second-order valence-corrected chi connectivity index (χ2v) is 5.13. The molecule has 0 saturated heterocycles. The van der Waals surface area contributed by atoms with Gasteiger partial charge in [0.2, 0.25) is 5.91 Å². The van der Waals surface area contributed by atoms with Crippen LogP contribution in [0, 0.1) is 6.92 Å². The van der Waals surface area contributed by atoms with Gasteiger partial charge in [-0.15, -0.1) is 0 Å². The standard InChI is InChI=1S/C14H21N3O/c1-9-7-12(5-6-14(9)16-10(2)18)17-13-4-3-11(15)8-13/h5-7,11,13,17H,3-4,8,15H2,1-2H3,(H,16,18). The first-order chi connectivity index (χ1) is 8.54. The van der Waals surface area contributed by atoms with E-state index in [0.717, 1.165) is 36.2 Å². The number of hydrogen-bond donors (Lipinski definition) is 3. The lowest BCUT2D eigenvalue weighted by atomic mass is 10.1. The predicted molar refractivity (Wildman–Crippen MR) is 74.7 cm³/mol. The van der Waals surface area contributed by atoms with Gasteiger partial charge in [-0.2, -0.15) is 0 Å². The van der Waals surface area contributed by atoms with Gasteiger partial charge in [0.15, 0.2) is 0 Å². The summed E-state index contributed by atoms with van der Waals surface area (Å²) in [4.78, 5) is 11.0. The number of nitrogens with one attached hydrogen (secondary N) is 2. The summed E-state index contributed by atoms with van der Waals surface area (Å²) in [6.45, 7) is 3.52. The Hall–Kier alpha value is -1.55. The zero-order valence-electron chi connectivity index (χ0n) is 11.0. The number of rotatable bonds is 3. The third kappa shape index (κ3) is 3.23. The van der Waals surface area contributed by atoms with Gasteiger partial charge < -0.3 is 16.4 Å². The minimum absolute atomic E-state index is 0.0411. The summed E-state index contributed by atoms with van der Waals surface area (Å²) in [5.74, 6) is -0.0411. The maximum absolute atomic E-state index is 11.0. The quantitative estimate of drug-likeness (QED) is 0.767. The molecule has 18 heavy (non-hydrogen) atoms. The van der Waals surface area contributed by atoms with Crippen molar-refractivity contribution < 1.29 is 4.79 Å². The van der Waals surface area contributed by atoms with E-state index in [2.05, 4.69) is 16.7 Å². The molecular formula is C14H21N3O. The van der Waals surface area contributed by atoms with Crippen molar-refractivity contribution in [2.24, 2.45) is 5.73 Å². The summed E-state index contributed by atoms with van der Waals surface area (Å²) in [7, 11) is 0. The Morgan fingerprint density at radius 3 is 2.72 bits per heavy atom. The summed E-state index contributed by atoms with van der Waals surface area (Å²) in [6.07, 6.45) is 3.26. The van der Waals surface area contributed by atoms with E-state index >= 15 is 0 Å². The zero-order valence-corrected chi connectivity index (χ0v) is 11.0. The van der Waals surface area contributed by atoms with Crippen LogP contribution in [0.25, 0.3) is 0 Å². The van der Waals surface area contributed by atoms with Crippen molar-refractivity contribution >= 4 is 17.3 Å². The van der Waals surface area contributed by atoms with Gasteiger partial charge in [-0.1, -0.05) is 0 Å².